The number of nitrogens with zero attached hydrogens (tertiary/aromatic N) is 1. The highest BCUT2D eigenvalue weighted by Crippen LogP contribution is 2.34. The van der Waals surface area contributed by atoms with Crippen molar-refractivity contribution in [1.29, 1.82) is 0 Å². The zero-order valence-corrected chi connectivity index (χ0v) is 12.1. The molecule has 0 aromatic heterocycles. The number of halogens is 4. The molecule has 122 valence electrons. The van der Waals surface area contributed by atoms with Crippen LogP contribution in [-0.4, -0.2) is 35.6 Å². The molecule has 1 N–H and O–H groups in total. The number of carbonyl (C=O) groups is 1. The molecule has 2 rings (SSSR count). The quantitative estimate of drug-likeness (QED) is 0.529. The molecule has 0 atom stereocenters. The number of hydrogen-bond acceptors (Lipinski definition) is 2. The number of rotatable bonds is 3. The van der Waals surface area contributed by atoms with E-state index >= 15 is 0 Å². The Kier molecular flexibility index (Phi) is 4.75. The maximum Gasteiger partial charge on any atom is 0.257 e. The third-order valence-corrected chi connectivity index (χ3v) is 4.53. The molecule has 1 aromatic carbocycles. The van der Waals surface area contributed by atoms with Crippen molar-refractivity contribution in [3.8, 4) is 0 Å². The van der Waals surface area contributed by atoms with Crippen LogP contribution in [0.4, 0.5) is 17.6 Å². The summed E-state index contributed by atoms with van der Waals surface area (Å²) in [6.45, 7) is 2.40. The standard InChI is InChI=1S/C15H17F4NO2/c1-2-15(8-21)3-5-20(6-4-15)14(22)9-7-10(16)12(18)13(19)11(9)17/h7,21H,2-6,8H2,1H3. The van der Waals surface area contributed by atoms with E-state index in [0.29, 0.717) is 18.9 Å². The number of amides is 1. The van der Waals surface area contributed by atoms with Crippen molar-refractivity contribution in [2.45, 2.75) is 26.2 Å². The molecule has 1 aromatic rings. The molecule has 1 fully saturated rings. The number of aliphatic hydroxyl groups excluding tert-OH is 1. The first-order valence-corrected chi connectivity index (χ1v) is 7.08. The normalized spacial score (nSPS) is 17.6. The van der Waals surface area contributed by atoms with Gasteiger partial charge in [-0.25, -0.2) is 17.6 Å². The van der Waals surface area contributed by atoms with Crippen molar-refractivity contribution in [3.63, 3.8) is 0 Å². The highest BCUT2D eigenvalue weighted by molar-refractivity contribution is 5.94. The minimum atomic E-state index is -1.99. The van der Waals surface area contributed by atoms with E-state index in [9.17, 15) is 27.5 Å². The van der Waals surface area contributed by atoms with Gasteiger partial charge in [-0.05, 0) is 30.7 Å². The molecule has 1 saturated heterocycles. The second kappa shape index (κ2) is 6.24. The number of likely N-dealkylation sites (tertiary alicyclic amines) is 1. The average molecular weight is 319 g/mol. The topological polar surface area (TPSA) is 40.5 Å². The molecule has 22 heavy (non-hydrogen) atoms. The third kappa shape index (κ3) is 2.82. The number of hydrogen-bond donors (Lipinski definition) is 1. The number of carbonyl (C=O) groups excluding carboxylic acids is 1. The number of aliphatic hydroxyl groups is 1. The fraction of sp³-hybridized carbons (Fsp3) is 0.533. The van der Waals surface area contributed by atoms with Crippen LogP contribution in [0.2, 0.25) is 0 Å². The van der Waals surface area contributed by atoms with E-state index in [-0.39, 0.29) is 25.1 Å². The van der Waals surface area contributed by atoms with Gasteiger partial charge in [0.25, 0.3) is 5.91 Å². The van der Waals surface area contributed by atoms with Crippen molar-refractivity contribution in [2.24, 2.45) is 5.41 Å². The minimum Gasteiger partial charge on any atom is -0.396 e. The molecule has 7 heteroatoms. The van der Waals surface area contributed by atoms with E-state index in [0.717, 1.165) is 6.42 Å². The van der Waals surface area contributed by atoms with E-state index in [4.69, 9.17) is 0 Å². The van der Waals surface area contributed by atoms with Crippen LogP contribution in [0.3, 0.4) is 0 Å². The number of benzene rings is 1. The van der Waals surface area contributed by atoms with E-state index < -0.39 is 34.7 Å². The van der Waals surface area contributed by atoms with Gasteiger partial charge in [-0.15, -0.1) is 0 Å². The Labute approximate surface area is 125 Å². The maximum atomic E-state index is 13.7. The van der Waals surface area contributed by atoms with Crippen molar-refractivity contribution >= 4 is 5.91 Å². The van der Waals surface area contributed by atoms with Crippen LogP contribution < -0.4 is 0 Å². The van der Waals surface area contributed by atoms with Crippen LogP contribution in [-0.2, 0) is 0 Å². The fourth-order valence-electron chi connectivity index (χ4n) is 2.71. The first-order valence-electron chi connectivity index (χ1n) is 7.08. The molecule has 0 unspecified atom stereocenters. The second-order valence-corrected chi connectivity index (χ2v) is 5.65. The Bertz CT molecular complexity index is 577. The number of piperidine rings is 1. The van der Waals surface area contributed by atoms with E-state index in [2.05, 4.69) is 0 Å². The Hall–Kier alpha value is -1.63. The summed E-state index contributed by atoms with van der Waals surface area (Å²) in [4.78, 5) is 13.5. The zero-order chi connectivity index (χ0) is 16.5. The van der Waals surface area contributed by atoms with Crippen molar-refractivity contribution in [2.75, 3.05) is 19.7 Å². The molecule has 1 amide bonds. The molecule has 0 spiro atoms. The summed E-state index contributed by atoms with van der Waals surface area (Å²) in [6.07, 6.45) is 1.76. The lowest BCUT2D eigenvalue weighted by Crippen LogP contribution is -2.44. The zero-order valence-electron chi connectivity index (χ0n) is 12.1. The predicted molar refractivity (Wildman–Crippen MR) is 71.2 cm³/mol. The lowest BCUT2D eigenvalue weighted by Gasteiger charge is -2.40. The van der Waals surface area contributed by atoms with E-state index in [1.165, 1.54) is 4.90 Å². The van der Waals surface area contributed by atoms with Gasteiger partial charge >= 0.3 is 0 Å². The molecule has 1 aliphatic heterocycles. The van der Waals surface area contributed by atoms with Crippen molar-refractivity contribution in [1.82, 2.24) is 4.90 Å². The molecule has 1 heterocycles. The van der Waals surface area contributed by atoms with Crippen molar-refractivity contribution < 1.29 is 27.5 Å². The SMILES string of the molecule is CCC1(CO)CCN(C(=O)c2cc(F)c(F)c(F)c2F)CC1. The van der Waals surface area contributed by atoms with Gasteiger partial charge in [0.2, 0.25) is 0 Å². The predicted octanol–water partition coefficient (Wildman–Crippen LogP) is 2.87. The van der Waals surface area contributed by atoms with Gasteiger partial charge < -0.3 is 10.0 Å². The van der Waals surface area contributed by atoms with Gasteiger partial charge in [0.05, 0.1) is 5.56 Å². The Morgan fingerprint density at radius 1 is 1.18 bits per heavy atom. The summed E-state index contributed by atoms with van der Waals surface area (Å²) in [5.41, 5.74) is -1.10. The second-order valence-electron chi connectivity index (χ2n) is 5.65. The first kappa shape index (κ1) is 16.7. The van der Waals surface area contributed by atoms with Crippen LogP contribution in [0, 0.1) is 28.7 Å². The maximum absolute atomic E-state index is 13.7. The molecule has 0 bridgehead atoms. The highest BCUT2D eigenvalue weighted by atomic mass is 19.2. The molecule has 3 nitrogen and oxygen atoms in total. The molecule has 0 radical (unpaired) electrons. The summed E-state index contributed by atoms with van der Waals surface area (Å²) >= 11 is 0. The largest absolute Gasteiger partial charge is 0.396 e. The first-order chi connectivity index (χ1) is 10.3. The van der Waals surface area contributed by atoms with Gasteiger partial charge in [0.1, 0.15) is 0 Å². The van der Waals surface area contributed by atoms with Crippen LogP contribution in [0.25, 0.3) is 0 Å². The molecule has 1 aliphatic rings. The van der Waals surface area contributed by atoms with E-state index in [1.807, 2.05) is 6.92 Å². The minimum absolute atomic E-state index is 0.0142. The smallest absolute Gasteiger partial charge is 0.257 e. The molecule has 0 saturated carbocycles. The van der Waals surface area contributed by atoms with Gasteiger partial charge in [-0.1, -0.05) is 6.92 Å². The average Bonchev–Trinajstić information content (AvgIpc) is 2.55. The summed E-state index contributed by atoms with van der Waals surface area (Å²) in [6, 6.07) is 0.379. The van der Waals surface area contributed by atoms with Crippen LogP contribution in [0.5, 0.6) is 0 Å². The Balaban J connectivity index is 2.21. The summed E-state index contributed by atoms with van der Waals surface area (Å²) < 4.78 is 53.0. The van der Waals surface area contributed by atoms with Gasteiger partial charge in [0.15, 0.2) is 23.3 Å². The van der Waals surface area contributed by atoms with Gasteiger partial charge in [0, 0.05) is 19.7 Å². The highest BCUT2D eigenvalue weighted by Gasteiger charge is 2.35. The Morgan fingerprint density at radius 2 is 1.77 bits per heavy atom. The van der Waals surface area contributed by atoms with Crippen molar-refractivity contribution in [3.05, 3.63) is 34.9 Å². The summed E-state index contributed by atoms with van der Waals surface area (Å²) in [5, 5.41) is 9.43. The molecular formula is C15H17F4NO2. The Morgan fingerprint density at radius 3 is 2.27 bits per heavy atom. The van der Waals surface area contributed by atoms with Crippen LogP contribution >= 0.6 is 0 Å². The summed E-state index contributed by atoms with van der Waals surface area (Å²) in [7, 11) is 0. The molecular weight excluding hydrogens is 302 g/mol. The lowest BCUT2D eigenvalue weighted by atomic mass is 9.77. The lowest BCUT2D eigenvalue weighted by molar-refractivity contribution is 0.0334. The molecule has 0 aliphatic carbocycles. The third-order valence-electron chi connectivity index (χ3n) is 4.53. The van der Waals surface area contributed by atoms with Crippen LogP contribution in [0.1, 0.15) is 36.5 Å². The fourth-order valence-corrected chi connectivity index (χ4v) is 2.71. The monoisotopic (exact) mass is 319 g/mol. The van der Waals surface area contributed by atoms with Gasteiger partial charge in [-0.2, -0.15) is 0 Å². The summed E-state index contributed by atoms with van der Waals surface area (Å²) in [5.74, 6) is -8.08. The van der Waals surface area contributed by atoms with Gasteiger partial charge in [-0.3, -0.25) is 4.79 Å². The van der Waals surface area contributed by atoms with E-state index in [1.54, 1.807) is 0 Å². The van der Waals surface area contributed by atoms with Crippen LogP contribution in [0.15, 0.2) is 6.07 Å².